The number of fused-ring (bicyclic) bond motifs is 1. The highest BCUT2D eigenvalue weighted by Gasteiger charge is 2.21. The van der Waals surface area contributed by atoms with Gasteiger partial charge in [0.15, 0.2) is 4.96 Å². The third kappa shape index (κ3) is 4.06. The minimum Gasteiger partial charge on any atom is -0.346 e. The van der Waals surface area contributed by atoms with Crippen molar-refractivity contribution in [3.05, 3.63) is 53.3 Å². The van der Waals surface area contributed by atoms with E-state index in [4.69, 9.17) is 0 Å². The van der Waals surface area contributed by atoms with Crippen molar-refractivity contribution < 1.29 is 9.59 Å². The van der Waals surface area contributed by atoms with Crippen molar-refractivity contribution in [2.75, 3.05) is 5.32 Å². The average Bonchev–Trinajstić information content (AvgIpc) is 3.13. The number of hydrogen-bond acceptors (Lipinski definition) is 4. The average molecular weight is 356 g/mol. The zero-order chi connectivity index (χ0) is 18.0. The van der Waals surface area contributed by atoms with E-state index in [1.54, 1.807) is 35.6 Å². The molecule has 0 radical (unpaired) electrons. The number of rotatable bonds is 4. The lowest BCUT2D eigenvalue weighted by Gasteiger charge is -2.17. The molecule has 0 aliphatic carbocycles. The number of carbonyl (C=O) groups is 2. The van der Waals surface area contributed by atoms with Crippen molar-refractivity contribution in [3.8, 4) is 0 Å². The molecule has 0 aliphatic rings. The van der Waals surface area contributed by atoms with E-state index in [1.807, 2.05) is 42.9 Å². The van der Waals surface area contributed by atoms with Crippen LogP contribution in [0.15, 0.2) is 42.0 Å². The van der Waals surface area contributed by atoms with Crippen LogP contribution >= 0.6 is 11.3 Å². The van der Waals surface area contributed by atoms with E-state index in [0.29, 0.717) is 17.8 Å². The molecule has 6 nitrogen and oxygen atoms in total. The second kappa shape index (κ2) is 6.68. The van der Waals surface area contributed by atoms with Crippen LogP contribution in [0.25, 0.3) is 4.96 Å². The normalized spacial score (nSPS) is 11.5. The molecule has 0 saturated heterocycles. The Hall–Kier alpha value is -2.67. The highest BCUT2D eigenvalue weighted by Crippen LogP contribution is 2.18. The molecule has 0 aliphatic heterocycles. The van der Waals surface area contributed by atoms with Crippen LogP contribution in [0.5, 0.6) is 0 Å². The Bertz CT molecular complexity index is 892. The van der Waals surface area contributed by atoms with Gasteiger partial charge in [-0.25, -0.2) is 4.98 Å². The van der Waals surface area contributed by atoms with Crippen LogP contribution in [0.2, 0.25) is 0 Å². The van der Waals surface area contributed by atoms with Gasteiger partial charge >= 0.3 is 0 Å². The Kier molecular flexibility index (Phi) is 4.59. The maximum absolute atomic E-state index is 12.4. The number of nitrogens with zero attached hydrogens (tertiary/aromatic N) is 2. The van der Waals surface area contributed by atoms with Crippen LogP contribution < -0.4 is 10.6 Å². The van der Waals surface area contributed by atoms with E-state index in [0.717, 1.165) is 10.7 Å². The topological polar surface area (TPSA) is 75.5 Å². The summed E-state index contributed by atoms with van der Waals surface area (Å²) in [7, 11) is 0. The predicted molar refractivity (Wildman–Crippen MR) is 98.8 cm³/mol. The van der Waals surface area contributed by atoms with E-state index in [2.05, 4.69) is 15.6 Å². The van der Waals surface area contributed by atoms with Crippen LogP contribution in [-0.4, -0.2) is 21.2 Å². The third-order valence-electron chi connectivity index (χ3n) is 3.64. The number of imidazole rings is 1. The maximum atomic E-state index is 12.4. The summed E-state index contributed by atoms with van der Waals surface area (Å²) in [5, 5.41) is 7.65. The van der Waals surface area contributed by atoms with Crippen LogP contribution in [0.1, 0.15) is 36.8 Å². The van der Waals surface area contributed by atoms with Crippen molar-refractivity contribution in [2.45, 2.75) is 27.3 Å². The van der Waals surface area contributed by atoms with Crippen molar-refractivity contribution in [2.24, 2.45) is 5.41 Å². The fraction of sp³-hybridized carbons (Fsp3) is 0.278. The van der Waals surface area contributed by atoms with Crippen molar-refractivity contribution >= 4 is 33.8 Å². The van der Waals surface area contributed by atoms with Gasteiger partial charge in [-0.2, -0.15) is 0 Å². The molecule has 0 saturated carbocycles. The number of carbonyl (C=O) groups excluding carboxylic acids is 2. The molecule has 25 heavy (non-hydrogen) atoms. The second-order valence-corrected chi connectivity index (χ2v) is 7.67. The highest BCUT2D eigenvalue weighted by molar-refractivity contribution is 7.15. The second-order valence-electron chi connectivity index (χ2n) is 6.79. The molecule has 3 aromatic rings. The molecular weight excluding hydrogens is 336 g/mol. The molecular formula is C18H20N4O2S. The van der Waals surface area contributed by atoms with Gasteiger partial charge in [0.2, 0.25) is 5.91 Å². The Morgan fingerprint density at radius 2 is 2.08 bits per heavy atom. The minimum absolute atomic E-state index is 0.0943. The molecule has 0 bridgehead atoms. The van der Waals surface area contributed by atoms with Crippen molar-refractivity contribution in [1.82, 2.24) is 14.7 Å². The van der Waals surface area contributed by atoms with Gasteiger partial charge in [-0.1, -0.05) is 26.8 Å². The first-order valence-corrected chi connectivity index (χ1v) is 8.82. The fourth-order valence-corrected chi connectivity index (χ4v) is 2.91. The van der Waals surface area contributed by atoms with Gasteiger partial charge in [-0.05, 0) is 18.2 Å². The number of aromatic nitrogens is 2. The molecule has 7 heteroatoms. The third-order valence-corrected chi connectivity index (χ3v) is 4.41. The predicted octanol–water partition coefficient (Wildman–Crippen LogP) is 3.31. The molecule has 1 aromatic carbocycles. The zero-order valence-electron chi connectivity index (χ0n) is 14.4. The van der Waals surface area contributed by atoms with Crippen molar-refractivity contribution in [3.63, 3.8) is 0 Å². The lowest BCUT2D eigenvalue weighted by molar-refractivity contribution is -0.123. The van der Waals surface area contributed by atoms with E-state index in [1.165, 1.54) is 0 Å². The molecule has 0 atom stereocenters. The molecule has 0 fully saturated rings. The monoisotopic (exact) mass is 356 g/mol. The molecule has 2 amide bonds. The van der Waals surface area contributed by atoms with Crippen LogP contribution in [0, 0.1) is 5.41 Å². The first-order valence-electron chi connectivity index (χ1n) is 7.94. The lowest BCUT2D eigenvalue weighted by Crippen LogP contribution is -2.28. The highest BCUT2D eigenvalue weighted by atomic mass is 32.1. The molecule has 2 heterocycles. The number of anilines is 1. The van der Waals surface area contributed by atoms with Gasteiger partial charge in [0.25, 0.3) is 5.91 Å². The lowest BCUT2D eigenvalue weighted by atomic mass is 9.95. The molecule has 2 N–H and O–H groups in total. The van der Waals surface area contributed by atoms with Gasteiger partial charge in [-0.15, -0.1) is 11.3 Å². The Balaban J connectivity index is 1.64. The summed E-state index contributed by atoms with van der Waals surface area (Å²) in [6, 6.07) is 6.91. The largest absolute Gasteiger partial charge is 0.346 e. The zero-order valence-corrected chi connectivity index (χ0v) is 15.2. The first-order chi connectivity index (χ1) is 11.8. The van der Waals surface area contributed by atoms with E-state index < -0.39 is 5.41 Å². The van der Waals surface area contributed by atoms with Gasteiger partial charge < -0.3 is 10.6 Å². The van der Waals surface area contributed by atoms with E-state index >= 15 is 0 Å². The number of nitrogens with one attached hydrogen (secondary N) is 2. The van der Waals surface area contributed by atoms with Gasteiger partial charge in [-0.3, -0.25) is 14.0 Å². The number of benzene rings is 1. The van der Waals surface area contributed by atoms with Crippen LogP contribution in [0.4, 0.5) is 5.69 Å². The van der Waals surface area contributed by atoms with E-state index in [9.17, 15) is 9.59 Å². The van der Waals surface area contributed by atoms with Gasteiger partial charge in [0.05, 0.1) is 12.2 Å². The smallest absolute Gasteiger partial charge is 0.251 e. The summed E-state index contributed by atoms with van der Waals surface area (Å²) in [5.41, 5.74) is 1.41. The Morgan fingerprint density at radius 3 is 2.80 bits per heavy atom. The summed E-state index contributed by atoms with van der Waals surface area (Å²) < 4.78 is 1.93. The molecule has 2 aromatic heterocycles. The summed E-state index contributed by atoms with van der Waals surface area (Å²) in [5.74, 6) is -0.300. The standard InChI is InChI=1S/C18H20N4O2S/c1-18(2,3)16(24)20-13-6-4-5-12(9-13)15(23)19-10-14-11-22-7-8-25-17(22)21-14/h4-9,11H,10H2,1-3H3,(H,19,23)(H,20,24). The van der Waals surface area contributed by atoms with Crippen LogP contribution in [0.3, 0.4) is 0 Å². The molecule has 0 spiro atoms. The number of amides is 2. The Labute approximate surface area is 149 Å². The minimum atomic E-state index is -0.494. The van der Waals surface area contributed by atoms with Crippen LogP contribution in [-0.2, 0) is 11.3 Å². The number of thiazole rings is 1. The van der Waals surface area contributed by atoms with E-state index in [-0.39, 0.29) is 11.8 Å². The summed E-state index contributed by atoms with van der Waals surface area (Å²) in [6.07, 6.45) is 3.83. The Morgan fingerprint density at radius 1 is 1.28 bits per heavy atom. The molecule has 130 valence electrons. The molecule has 0 unspecified atom stereocenters. The SMILES string of the molecule is CC(C)(C)C(=O)Nc1cccc(C(=O)NCc2cn3ccsc3n2)c1. The summed E-state index contributed by atoms with van der Waals surface area (Å²) in [6.45, 7) is 5.88. The summed E-state index contributed by atoms with van der Waals surface area (Å²) in [4.78, 5) is 29.7. The fourth-order valence-electron chi connectivity index (χ4n) is 2.19. The van der Waals surface area contributed by atoms with Gasteiger partial charge in [0.1, 0.15) is 0 Å². The summed E-state index contributed by atoms with van der Waals surface area (Å²) >= 11 is 1.55. The quantitative estimate of drug-likeness (QED) is 0.753. The first kappa shape index (κ1) is 17.2. The van der Waals surface area contributed by atoms with Crippen molar-refractivity contribution in [1.29, 1.82) is 0 Å². The number of hydrogen-bond donors (Lipinski definition) is 2. The molecule has 3 rings (SSSR count). The van der Waals surface area contributed by atoms with Gasteiger partial charge in [0, 0.05) is 34.4 Å². The maximum Gasteiger partial charge on any atom is 0.251 e.